The molecule has 0 saturated heterocycles. The molecule has 104 valence electrons. The highest BCUT2D eigenvalue weighted by Crippen LogP contribution is 2.37. The number of H-pyrrole nitrogens is 1. The quantitative estimate of drug-likeness (QED) is 0.502. The van der Waals surface area contributed by atoms with E-state index in [2.05, 4.69) is 19.9 Å². The number of benzene rings is 1. The number of aromatic amines is 1. The predicted octanol–water partition coefficient (Wildman–Crippen LogP) is 2.04. The van der Waals surface area contributed by atoms with Crippen LogP contribution in [-0.4, -0.2) is 34.6 Å². The van der Waals surface area contributed by atoms with E-state index in [0.29, 0.717) is 10.9 Å². The van der Waals surface area contributed by atoms with Crippen LogP contribution in [0.5, 0.6) is 5.88 Å². The van der Waals surface area contributed by atoms with Crippen molar-refractivity contribution in [1.82, 2.24) is 4.98 Å². The third-order valence-corrected chi connectivity index (χ3v) is 2.48. The molecule has 2 rings (SSSR count). The smallest absolute Gasteiger partial charge is 0.290 e. The van der Waals surface area contributed by atoms with Crippen LogP contribution in [0, 0.1) is 10.1 Å². The van der Waals surface area contributed by atoms with Gasteiger partial charge in [-0.3, -0.25) is 14.9 Å². The van der Waals surface area contributed by atoms with Gasteiger partial charge in [-0.25, -0.2) is 0 Å². The maximum atomic E-state index is 11.2. The molecular formula is C11H10N4O5. The number of aromatic nitrogens is 1. The maximum Gasteiger partial charge on any atom is 0.290 e. The number of nitro benzene ring substituents is 1. The number of hydrogen-bond donors (Lipinski definition) is 2. The third kappa shape index (κ3) is 2.62. The zero-order valence-electron chi connectivity index (χ0n) is 10.4. The average molecular weight is 278 g/mol. The van der Waals surface area contributed by atoms with Crippen LogP contribution in [0.3, 0.4) is 0 Å². The Morgan fingerprint density at radius 2 is 2.30 bits per heavy atom. The summed E-state index contributed by atoms with van der Waals surface area (Å²) in [4.78, 5) is 23.9. The molecule has 1 aromatic heterocycles. The van der Waals surface area contributed by atoms with Gasteiger partial charge < -0.3 is 14.8 Å². The molecule has 0 saturated carbocycles. The zero-order chi connectivity index (χ0) is 14.7. The molecule has 9 heteroatoms. The summed E-state index contributed by atoms with van der Waals surface area (Å²) in [5.74, 6) is -0.957. The standard InChI is InChI=1S/C11H10N4O5/c1-20-5-9(16)13-14-10-7-4-6(15(18)19)2-3-8(7)12-11(10)17/h2-4,12,17H,5H2,1H3. The van der Waals surface area contributed by atoms with Crippen LogP contribution < -0.4 is 0 Å². The molecule has 0 bridgehead atoms. The van der Waals surface area contributed by atoms with Crippen LogP contribution in [0.15, 0.2) is 28.4 Å². The Balaban J connectivity index is 2.46. The summed E-state index contributed by atoms with van der Waals surface area (Å²) < 4.78 is 4.58. The number of carbonyl (C=O) groups excluding carboxylic acids is 1. The molecule has 2 aromatic rings. The SMILES string of the molecule is COCC(=O)N=Nc1c(O)[nH]c2ccc([N+](=O)[O-])cc12. The molecule has 0 aliphatic carbocycles. The number of nitro groups is 1. The molecule has 1 amide bonds. The van der Waals surface area contributed by atoms with Gasteiger partial charge in [-0.05, 0) is 6.07 Å². The Hall–Kier alpha value is -2.81. The number of aromatic hydroxyl groups is 1. The van der Waals surface area contributed by atoms with Gasteiger partial charge in [0, 0.05) is 24.6 Å². The van der Waals surface area contributed by atoms with Crippen molar-refractivity contribution in [1.29, 1.82) is 0 Å². The van der Waals surface area contributed by atoms with Gasteiger partial charge in [0.2, 0.25) is 5.88 Å². The van der Waals surface area contributed by atoms with E-state index in [1.54, 1.807) is 0 Å². The van der Waals surface area contributed by atoms with Crippen LogP contribution in [0.4, 0.5) is 11.4 Å². The highest BCUT2D eigenvalue weighted by atomic mass is 16.6. The number of methoxy groups -OCH3 is 1. The molecule has 0 aliphatic rings. The van der Waals surface area contributed by atoms with Crippen LogP contribution >= 0.6 is 0 Å². The second-order valence-electron chi connectivity index (χ2n) is 3.84. The minimum atomic E-state index is -0.633. The number of azo groups is 1. The lowest BCUT2D eigenvalue weighted by atomic mass is 10.2. The third-order valence-electron chi connectivity index (χ3n) is 2.48. The van der Waals surface area contributed by atoms with Gasteiger partial charge in [0.25, 0.3) is 11.6 Å². The average Bonchev–Trinajstić information content (AvgIpc) is 2.71. The van der Waals surface area contributed by atoms with Crippen molar-refractivity contribution in [3.8, 4) is 5.88 Å². The number of non-ortho nitro benzene ring substituents is 1. The van der Waals surface area contributed by atoms with Gasteiger partial charge in [-0.1, -0.05) is 0 Å². The second kappa shape index (κ2) is 5.45. The largest absolute Gasteiger partial charge is 0.493 e. The predicted molar refractivity (Wildman–Crippen MR) is 68.0 cm³/mol. The number of hydrogen-bond acceptors (Lipinski definition) is 6. The molecule has 1 aromatic carbocycles. The first-order valence-electron chi connectivity index (χ1n) is 5.45. The summed E-state index contributed by atoms with van der Waals surface area (Å²) in [6, 6.07) is 3.96. The molecular weight excluding hydrogens is 268 g/mol. The van der Waals surface area contributed by atoms with Gasteiger partial charge >= 0.3 is 0 Å². The molecule has 0 unspecified atom stereocenters. The summed E-state index contributed by atoms with van der Waals surface area (Å²) in [7, 11) is 1.33. The molecule has 20 heavy (non-hydrogen) atoms. The fourth-order valence-electron chi connectivity index (χ4n) is 1.62. The van der Waals surface area contributed by atoms with E-state index in [0.717, 1.165) is 0 Å². The maximum absolute atomic E-state index is 11.2. The minimum absolute atomic E-state index is 0.0341. The monoisotopic (exact) mass is 278 g/mol. The first-order valence-corrected chi connectivity index (χ1v) is 5.45. The van der Waals surface area contributed by atoms with E-state index in [-0.39, 0.29) is 23.9 Å². The van der Waals surface area contributed by atoms with Gasteiger partial charge in [0.1, 0.15) is 6.61 Å². The second-order valence-corrected chi connectivity index (χ2v) is 3.84. The number of nitrogens with zero attached hydrogens (tertiary/aromatic N) is 3. The summed E-state index contributed by atoms with van der Waals surface area (Å²) in [6.45, 7) is -0.243. The number of nitrogens with one attached hydrogen (secondary N) is 1. The Morgan fingerprint density at radius 1 is 1.55 bits per heavy atom. The fraction of sp³-hybridized carbons (Fsp3) is 0.182. The van der Waals surface area contributed by atoms with Crippen molar-refractivity contribution < 1.29 is 19.6 Å². The van der Waals surface area contributed by atoms with Gasteiger partial charge in [0.15, 0.2) is 5.69 Å². The summed E-state index contributed by atoms with van der Waals surface area (Å²) >= 11 is 0. The van der Waals surface area contributed by atoms with Crippen LogP contribution in [-0.2, 0) is 9.53 Å². The normalized spacial score (nSPS) is 11.2. The minimum Gasteiger partial charge on any atom is -0.493 e. The van der Waals surface area contributed by atoms with Crippen LogP contribution in [0.1, 0.15) is 0 Å². The van der Waals surface area contributed by atoms with Crippen LogP contribution in [0.2, 0.25) is 0 Å². The molecule has 0 spiro atoms. The summed E-state index contributed by atoms with van der Waals surface area (Å²) in [5.41, 5.74) is 0.255. The molecule has 0 radical (unpaired) electrons. The molecule has 0 fully saturated rings. The van der Waals surface area contributed by atoms with Gasteiger partial charge in [-0.15, -0.1) is 10.2 Å². The van der Waals surface area contributed by atoms with E-state index in [1.165, 1.54) is 25.3 Å². The lowest BCUT2D eigenvalue weighted by Gasteiger charge is -1.93. The highest BCUT2D eigenvalue weighted by Gasteiger charge is 2.15. The number of ether oxygens (including phenoxy) is 1. The van der Waals surface area contributed by atoms with Gasteiger partial charge in [0.05, 0.1) is 10.4 Å². The highest BCUT2D eigenvalue weighted by molar-refractivity contribution is 5.95. The van der Waals surface area contributed by atoms with Crippen molar-refractivity contribution in [2.24, 2.45) is 10.2 Å². The first-order chi connectivity index (χ1) is 9.52. The Morgan fingerprint density at radius 3 is 2.95 bits per heavy atom. The van der Waals surface area contributed by atoms with Gasteiger partial charge in [-0.2, -0.15) is 0 Å². The molecule has 0 aliphatic heterocycles. The van der Waals surface area contributed by atoms with Crippen LogP contribution in [0.25, 0.3) is 10.9 Å². The van der Waals surface area contributed by atoms with E-state index >= 15 is 0 Å². The van der Waals surface area contributed by atoms with E-state index in [4.69, 9.17) is 0 Å². The molecule has 2 N–H and O–H groups in total. The van der Waals surface area contributed by atoms with Crippen molar-refractivity contribution in [3.05, 3.63) is 28.3 Å². The molecule has 0 atom stereocenters. The van der Waals surface area contributed by atoms with E-state index in [9.17, 15) is 20.0 Å². The first kappa shape index (κ1) is 13.6. The number of amides is 1. The Labute approximate surface area is 112 Å². The molecule has 1 heterocycles. The topological polar surface area (TPSA) is 130 Å². The summed E-state index contributed by atoms with van der Waals surface area (Å²) in [5, 5.41) is 27.7. The Kier molecular flexibility index (Phi) is 3.71. The van der Waals surface area contributed by atoms with Crippen molar-refractivity contribution in [2.45, 2.75) is 0 Å². The number of rotatable bonds is 4. The lowest BCUT2D eigenvalue weighted by molar-refractivity contribution is -0.384. The van der Waals surface area contributed by atoms with Crippen molar-refractivity contribution >= 4 is 28.2 Å². The zero-order valence-corrected chi connectivity index (χ0v) is 10.4. The number of fused-ring (bicyclic) bond motifs is 1. The van der Waals surface area contributed by atoms with Crippen molar-refractivity contribution in [3.63, 3.8) is 0 Å². The Bertz CT molecular complexity index is 706. The van der Waals surface area contributed by atoms with Crippen molar-refractivity contribution in [2.75, 3.05) is 13.7 Å². The lowest BCUT2D eigenvalue weighted by Crippen LogP contribution is -2.01. The summed E-state index contributed by atoms with van der Waals surface area (Å²) in [6.07, 6.45) is 0. The fourth-order valence-corrected chi connectivity index (χ4v) is 1.62. The number of carbonyl (C=O) groups is 1. The van der Waals surface area contributed by atoms with E-state index in [1.807, 2.05) is 0 Å². The molecule has 9 nitrogen and oxygen atoms in total. The van der Waals surface area contributed by atoms with E-state index < -0.39 is 10.8 Å².